The van der Waals surface area contributed by atoms with Crippen molar-refractivity contribution in [1.29, 1.82) is 0 Å². The van der Waals surface area contributed by atoms with E-state index in [1.54, 1.807) is 6.08 Å². The molecule has 0 fully saturated rings. The van der Waals surface area contributed by atoms with E-state index in [1.807, 2.05) is 30.3 Å². The summed E-state index contributed by atoms with van der Waals surface area (Å²) in [4.78, 5) is 26.3. The molecule has 0 saturated carbocycles. The minimum atomic E-state index is -0.820. The summed E-state index contributed by atoms with van der Waals surface area (Å²) in [7, 11) is 0. The molecule has 0 spiro atoms. The second-order valence-electron chi connectivity index (χ2n) is 10.1. The highest BCUT2D eigenvalue weighted by Crippen LogP contribution is 2.52. The highest BCUT2D eigenvalue weighted by atomic mass is 79.9. The van der Waals surface area contributed by atoms with Gasteiger partial charge in [-0.3, -0.25) is 9.59 Å². The number of unbranched alkanes of at least 4 members (excludes halogenated alkanes) is 1. The number of hydrogen-bond donors (Lipinski definition) is 1. The van der Waals surface area contributed by atoms with Crippen LogP contribution in [0.25, 0.3) is 6.08 Å². The molecule has 38 heavy (non-hydrogen) atoms. The lowest BCUT2D eigenvalue weighted by Crippen LogP contribution is -2.35. The number of halogens is 2. The summed E-state index contributed by atoms with van der Waals surface area (Å²) in [6.07, 6.45) is 14.4. The van der Waals surface area contributed by atoms with Gasteiger partial charge in [0.1, 0.15) is 12.4 Å². The molecule has 1 unspecified atom stereocenters. The Balaban J connectivity index is 1.45. The zero-order chi connectivity index (χ0) is 26.9. The van der Waals surface area contributed by atoms with Gasteiger partial charge in [0.25, 0.3) is 5.43 Å². The molecule has 2 aliphatic rings. The van der Waals surface area contributed by atoms with E-state index in [2.05, 4.69) is 80.1 Å². The van der Waals surface area contributed by atoms with Crippen LogP contribution in [-0.2, 0) is 5.41 Å². The smallest absolute Gasteiger partial charge is 0.268 e. The Kier molecular flexibility index (Phi) is 7.78. The van der Waals surface area contributed by atoms with Crippen molar-refractivity contribution in [3.8, 4) is 11.5 Å². The summed E-state index contributed by atoms with van der Waals surface area (Å²) in [5.41, 5.74) is 1.31. The molecule has 0 bridgehead atoms. The van der Waals surface area contributed by atoms with Crippen LogP contribution >= 0.6 is 31.9 Å². The van der Waals surface area contributed by atoms with Crippen LogP contribution in [0, 0.1) is 5.92 Å². The van der Waals surface area contributed by atoms with E-state index in [4.69, 9.17) is 4.74 Å². The fourth-order valence-corrected chi connectivity index (χ4v) is 6.10. The van der Waals surface area contributed by atoms with Crippen LogP contribution in [0.1, 0.15) is 43.7 Å². The maximum atomic E-state index is 12.4. The van der Waals surface area contributed by atoms with Crippen LogP contribution in [0.5, 0.6) is 11.5 Å². The van der Waals surface area contributed by atoms with E-state index in [-0.39, 0.29) is 5.56 Å². The Hall–Kier alpha value is -2.90. The Morgan fingerprint density at radius 3 is 2.42 bits per heavy atom. The van der Waals surface area contributed by atoms with Gasteiger partial charge >= 0.3 is 0 Å². The molecule has 1 N–H and O–H groups in total. The molecule has 0 aromatic heterocycles. The number of rotatable bonds is 10. The number of allylic oxidation sites excluding steroid dienone is 5. The zero-order valence-electron chi connectivity index (χ0n) is 21.1. The van der Waals surface area contributed by atoms with E-state index in [9.17, 15) is 14.7 Å². The molecular formula is C31H29Br2NO4. The van der Waals surface area contributed by atoms with Crippen LogP contribution in [0.2, 0.25) is 0 Å². The minimum Gasteiger partial charge on any atom is -0.504 e. The number of aromatic hydroxyl groups is 1. The molecule has 5 rings (SSSR count). The molecule has 0 radical (unpaired) electrons. The predicted molar refractivity (Wildman–Crippen MR) is 160 cm³/mol. The molecular weight excluding hydrogens is 610 g/mol. The maximum Gasteiger partial charge on any atom is 0.268 e. The Morgan fingerprint density at radius 2 is 1.71 bits per heavy atom. The van der Waals surface area contributed by atoms with Gasteiger partial charge in [-0.15, -0.1) is 0 Å². The van der Waals surface area contributed by atoms with Gasteiger partial charge in [-0.2, -0.15) is 0 Å². The summed E-state index contributed by atoms with van der Waals surface area (Å²) >= 11 is 7.09. The Morgan fingerprint density at radius 1 is 1.00 bits per heavy atom. The van der Waals surface area contributed by atoms with Crippen molar-refractivity contribution in [3.63, 3.8) is 0 Å². The summed E-state index contributed by atoms with van der Waals surface area (Å²) in [6, 6.07) is 13.9. The molecule has 3 aromatic carbocycles. The number of hydrogen-bond acceptors (Lipinski definition) is 5. The molecule has 1 heterocycles. The fourth-order valence-electron chi connectivity index (χ4n) is 5.47. The van der Waals surface area contributed by atoms with Crippen molar-refractivity contribution in [3.05, 3.63) is 113 Å². The van der Waals surface area contributed by atoms with Gasteiger partial charge in [-0.25, -0.2) is 0 Å². The van der Waals surface area contributed by atoms with Crippen LogP contribution in [0.4, 0.5) is 5.69 Å². The maximum absolute atomic E-state index is 12.4. The average Bonchev–Trinajstić information content (AvgIpc) is 3.51. The molecule has 7 heteroatoms. The van der Waals surface area contributed by atoms with Gasteiger partial charge in [0.05, 0.1) is 12.1 Å². The van der Waals surface area contributed by atoms with E-state index >= 15 is 0 Å². The highest BCUT2D eigenvalue weighted by molar-refractivity contribution is 9.10. The molecule has 1 aliphatic carbocycles. The summed E-state index contributed by atoms with van der Waals surface area (Å²) in [5, 5.41) is 10.2. The third-order valence-corrected chi connectivity index (χ3v) is 8.61. The van der Waals surface area contributed by atoms with Crippen molar-refractivity contribution in [2.24, 2.45) is 5.92 Å². The first kappa shape index (κ1) is 26.7. The third kappa shape index (κ3) is 5.19. The third-order valence-electron chi connectivity index (χ3n) is 7.59. The number of benzene rings is 2. The van der Waals surface area contributed by atoms with Gasteiger partial charge in [-0.1, -0.05) is 69.0 Å². The second-order valence-corrected chi connectivity index (χ2v) is 11.9. The summed E-state index contributed by atoms with van der Waals surface area (Å²) in [6.45, 7) is 3.15. The van der Waals surface area contributed by atoms with Gasteiger partial charge in [0, 0.05) is 25.7 Å². The lowest BCUT2D eigenvalue weighted by atomic mass is 9.76. The largest absolute Gasteiger partial charge is 0.504 e. The summed E-state index contributed by atoms with van der Waals surface area (Å²) in [5.74, 6) is 0.815. The normalized spacial score (nSPS) is 19.7. The van der Waals surface area contributed by atoms with Crippen LogP contribution in [0.3, 0.4) is 0 Å². The van der Waals surface area contributed by atoms with Crippen LogP contribution in [-0.4, -0.2) is 18.3 Å². The molecule has 196 valence electrons. The van der Waals surface area contributed by atoms with Crippen LogP contribution < -0.4 is 20.5 Å². The Labute approximate surface area is 239 Å². The fraction of sp³-hybridized carbons (Fsp3) is 0.290. The van der Waals surface area contributed by atoms with Gasteiger partial charge in [0.2, 0.25) is 5.43 Å². The molecule has 1 atom stereocenters. The summed E-state index contributed by atoms with van der Waals surface area (Å²) < 4.78 is 8.01. The van der Waals surface area contributed by atoms with E-state index in [0.29, 0.717) is 19.1 Å². The molecule has 5 nitrogen and oxygen atoms in total. The Bertz CT molecular complexity index is 1490. The van der Waals surface area contributed by atoms with E-state index in [0.717, 1.165) is 57.3 Å². The van der Waals surface area contributed by atoms with Crippen molar-refractivity contribution in [1.82, 2.24) is 0 Å². The van der Waals surface area contributed by atoms with Crippen molar-refractivity contribution < 1.29 is 9.84 Å². The molecule has 3 aromatic rings. The van der Waals surface area contributed by atoms with Gasteiger partial charge in [0.15, 0.2) is 5.75 Å². The first-order valence-corrected chi connectivity index (χ1v) is 14.4. The monoisotopic (exact) mass is 637 g/mol. The zero-order valence-corrected chi connectivity index (χ0v) is 24.3. The molecule has 0 amide bonds. The first-order chi connectivity index (χ1) is 18.3. The molecule has 0 saturated heterocycles. The number of nitrogens with zero attached hydrogens (tertiary/aromatic N) is 1. The quantitative estimate of drug-likeness (QED) is 0.191. The average molecular weight is 639 g/mol. The lowest BCUT2D eigenvalue weighted by Gasteiger charge is -2.31. The minimum absolute atomic E-state index is 0.0863. The van der Waals surface area contributed by atoms with E-state index < -0.39 is 22.0 Å². The first-order valence-electron chi connectivity index (χ1n) is 12.8. The predicted octanol–water partition coefficient (Wildman–Crippen LogP) is 7.01. The van der Waals surface area contributed by atoms with Crippen molar-refractivity contribution in [2.45, 2.75) is 38.0 Å². The SMILES string of the molecule is CC1(CCCCC2C=CC=C2)C(=Cc2c(O)c(=O)c2=O)N(CCOc2ccc(Br)cc2)c2ccc(Br)cc21. The second kappa shape index (κ2) is 11.1. The molecule has 1 aliphatic heterocycles. The number of ether oxygens (including phenoxy) is 1. The van der Waals surface area contributed by atoms with Gasteiger partial charge in [-0.05, 0) is 79.8 Å². The number of fused-ring (bicyclic) bond motifs is 1. The lowest BCUT2D eigenvalue weighted by molar-refractivity contribution is 0.325. The topological polar surface area (TPSA) is 66.8 Å². The van der Waals surface area contributed by atoms with Crippen molar-refractivity contribution >= 4 is 43.6 Å². The van der Waals surface area contributed by atoms with Crippen molar-refractivity contribution in [2.75, 3.05) is 18.1 Å². The van der Waals surface area contributed by atoms with E-state index in [1.165, 1.54) is 0 Å². The highest BCUT2D eigenvalue weighted by Gasteiger charge is 2.44. The van der Waals surface area contributed by atoms with Gasteiger partial charge < -0.3 is 14.7 Å². The standard InChI is InChI=1S/C31H29Br2NO4/c1-31(15-5-4-8-20-6-2-3-7-20)25-18-22(33)11-14-26(25)34(16-17-38-23-12-9-21(32)10-13-23)27(31)19-24-28(35)30(37)29(24)36/h2-3,6-7,9-14,18-20,35H,4-5,8,15-17H2,1H3. The number of anilines is 1. The van der Waals surface area contributed by atoms with Crippen LogP contribution in [0.15, 0.2) is 91.0 Å².